The summed E-state index contributed by atoms with van der Waals surface area (Å²) >= 11 is 0. The molecule has 6 heteroatoms. The van der Waals surface area contributed by atoms with E-state index in [1.54, 1.807) is 0 Å². The van der Waals surface area contributed by atoms with Gasteiger partial charge in [-0.1, -0.05) is 11.0 Å². The van der Waals surface area contributed by atoms with Crippen molar-refractivity contribution in [1.29, 1.82) is 0 Å². The van der Waals surface area contributed by atoms with Crippen molar-refractivity contribution in [1.82, 2.24) is 0 Å². The van der Waals surface area contributed by atoms with E-state index >= 15 is 0 Å². The zero-order valence-corrected chi connectivity index (χ0v) is 7.21. The second-order valence-electron chi connectivity index (χ2n) is 2.18. The van der Waals surface area contributed by atoms with Gasteiger partial charge in [0.15, 0.2) is 6.29 Å². The second-order valence-corrected chi connectivity index (χ2v) is 2.18. The third-order valence-corrected chi connectivity index (χ3v) is 1.20. The lowest BCUT2D eigenvalue weighted by Gasteiger charge is -2.08. The first-order valence-corrected chi connectivity index (χ1v) is 3.57. The largest absolute Gasteiger partial charge is 0.372 e. The van der Waals surface area contributed by atoms with Crippen LogP contribution in [0.1, 0.15) is 6.42 Å². The van der Waals surface area contributed by atoms with Gasteiger partial charge in [0.2, 0.25) is 0 Å². The minimum absolute atomic E-state index is 0.102. The van der Waals surface area contributed by atoms with Gasteiger partial charge in [-0.15, -0.1) is 5.92 Å². The molecule has 0 heterocycles. The van der Waals surface area contributed by atoms with E-state index in [1.807, 2.05) is 0 Å². The van der Waals surface area contributed by atoms with Crippen LogP contribution in [0, 0.1) is 11.8 Å². The molecule has 0 fully saturated rings. The minimum atomic E-state index is -1.67. The molecule has 0 saturated carbocycles. The molecule has 0 aromatic carbocycles. The molecule has 1 unspecified atom stereocenters. The maximum absolute atomic E-state index is 8.69. The second kappa shape index (κ2) is 7.40. The van der Waals surface area contributed by atoms with Crippen LogP contribution < -0.4 is 0 Å². The van der Waals surface area contributed by atoms with Gasteiger partial charge in [0.25, 0.3) is 0 Å². The molecule has 0 rings (SSSR count). The Morgan fingerprint density at radius 1 is 1.54 bits per heavy atom. The van der Waals surface area contributed by atoms with E-state index in [2.05, 4.69) is 26.6 Å². The van der Waals surface area contributed by atoms with E-state index in [4.69, 9.17) is 15.7 Å². The van der Waals surface area contributed by atoms with Crippen LogP contribution in [0.25, 0.3) is 10.4 Å². The van der Waals surface area contributed by atoms with E-state index in [1.165, 1.54) is 7.11 Å². The van der Waals surface area contributed by atoms with Gasteiger partial charge >= 0.3 is 0 Å². The highest BCUT2D eigenvalue weighted by Gasteiger charge is 2.12. The molecule has 1 atom stereocenters. The zero-order valence-electron chi connectivity index (χ0n) is 7.21. The van der Waals surface area contributed by atoms with Gasteiger partial charge in [0.1, 0.15) is 6.61 Å². The number of aliphatic hydroxyl groups is 2. The quantitative estimate of drug-likeness (QED) is 0.212. The molecule has 0 amide bonds. The van der Waals surface area contributed by atoms with Crippen molar-refractivity contribution in [2.75, 3.05) is 13.7 Å². The number of aliphatic hydroxyl groups excluding tert-OH is 1. The van der Waals surface area contributed by atoms with Gasteiger partial charge in [0.05, 0.1) is 6.04 Å². The van der Waals surface area contributed by atoms with Crippen molar-refractivity contribution < 1.29 is 14.9 Å². The maximum Gasteiger partial charge on any atom is 0.160 e. The molecule has 0 saturated heterocycles. The van der Waals surface area contributed by atoms with Gasteiger partial charge in [-0.3, -0.25) is 0 Å². The molecular formula is C7H11N3O3. The summed E-state index contributed by atoms with van der Waals surface area (Å²) < 4.78 is 4.64. The molecule has 6 nitrogen and oxygen atoms in total. The molecule has 13 heavy (non-hydrogen) atoms. The van der Waals surface area contributed by atoms with E-state index in [0.29, 0.717) is 0 Å². The normalized spacial score (nSPS) is 11.4. The Hall–Kier alpha value is -1.25. The Labute approximate surface area is 75.8 Å². The summed E-state index contributed by atoms with van der Waals surface area (Å²) in [5, 5.41) is 20.5. The number of nitrogens with zero attached hydrogens (tertiary/aromatic N) is 3. The molecule has 0 bridgehead atoms. The summed E-state index contributed by atoms with van der Waals surface area (Å²) in [5.74, 6) is 5.19. The number of methoxy groups -OCH3 is 1. The number of azide groups is 1. The standard InChI is InChI=1S/C7H11N3O3/c1-13-5-3-2-4-6(7(11)12)9-10-8/h6-7,11-12H,4-5H2,1H3. The smallest absolute Gasteiger partial charge is 0.160 e. The fourth-order valence-corrected chi connectivity index (χ4v) is 0.572. The summed E-state index contributed by atoms with van der Waals surface area (Å²) in [7, 11) is 1.50. The summed E-state index contributed by atoms with van der Waals surface area (Å²) in [6, 6.07) is -0.922. The summed E-state index contributed by atoms with van der Waals surface area (Å²) in [6.45, 7) is 0.268. The fraction of sp³-hybridized carbons (Fsp3) is 0.714. The van der Waals surface area contributed by atoms with Crippen molar-refractivity contribution in [2.24, 2.45) is 5.11 Å². The van der Waals surface area contributed by atoms with Crippen LogP contribution in [-0.4, -0.2) is 36.3 Å². The number of hydrogen-bond acceptors (Lipinski definition) is 4. The third-order valence-electron chi connectivity index (χ3n) is 1.20. The van der Waals surface area contributed by atoms with Crippen molar-refractivity contribution >= 4 is 0 Å². The first-order chi connectivity index (χ1) is 6.22. The van der Waals surface area contributed by atoms with Crippen molar-refractivity contribution in [2.45, 2.75) is 18.8 Å². The van der Waals surface area contributed by atoms with Crippen LogP contribution in [0.4, 0.5) is 0 Å². The fourth-order valence-electron chi connectivity index (χ4n) is 0.572. The molecule has 0 radical (unpaired) electrons. The van der Waals surface area contributed by atoms with Gasteiger partial charge < -0.3 is 14.9 Å². The highest BCUT2D eigenvalue weighted by Crippen LogP contribution is 2.01. The molecule has 0 aromatic heterocycles. The van der Waals surface area contributed by atoms with Gasteiger partial charge in [-0.05, 0) is 5.53 Å². The SMILES string of the molecule is COCC#CCC(N=[N+]=[N-])C(O)O. The Balaban J connectivity index is 3.98. The molecule has 0 aliphatic carbocycles. The Morgan fingerprint density at radius 2 is 2.23 bits per heavy atom. The topological polar surface area (TPSA) is 98.5 Å². The number of hydrogen-bond donors (Lipinski definition) is 2. The van der Waals surface area contributed by atoms with Crippen LogP contribution in [0.2, 0.25) is 0 Å². The summed E-state index contributed by atoms with van der Waals surface area (Å²) in [6.07, 6.45) is -1.57. The Kier molecular flexibility index (Phi) is 6.69. The average molecular weight is 185 g/mol. The van der Waals surface area contributed by atoms with E-state index < -0.39 is 12.3 Å². The third kappa shape index (κ3) is 5.96. The highest BCUT2D eigenvalue weighted by molar-refractivity contribution is 5.01. The van der Waals surface area contributed by atoms with Crippen LogP contribution in [0.5, 0.6) is 0 Å². The van der Waals surface area contributed by atoms with Crippen LogP contribution in [-0.2, 0) is 4.74 Å². The first-order valence-electron chi connectivity index (χ1n) is 3.57. The molecule has 72 valence electrons. The van der Waals surface area contributed by atoms with Gasteiger partial charge in [-0.25, -0.2) is 0 Å². The van der Waals surface area contributed by atoms with Crippen LogP contribution in [0.15, 0.2) is 5.11 Å². The lowest BCUT2D eigenvalue weighted by Crippen LogP contribution is -2.22. The van der Waals surface area contributed by atoms with Crippen molar-refractivity contribution in [3.8, 4) is 11.8 Å². The lowest BCUT2D eigenvalue weighted by molar-refractivity contribution is -0.0565. The summed E-state index contributed by atoms with van der Waals surface area (Å²) in [5.41, 5.74) is 8.05. The zero-order chi connectivity index (χ0) is 10.1. The molecule has 2 N–H and O–H groups in total. The number of ether oxygens (including phenoxy) is 1. The average Bonchev–Trinajstić information content (AvgIpc) is 2.10. The van der Waals surface area contributed by atoms with Crippen LogP contribution >= 0.6 is 0 Å². The monoisotopic (exact) mass is 185 g/mol. The van der Waals surface area contributed by atoms with Crippen molar-refractivity contribution in [3.05, 3.63) is 10.4 Å². The highest BCUT2D eigenvalue weighted by atomic mass is 16.5. The van der Waals surface area contributed by atoms with E-state index in [0.717, 1.165) is 0 Å². The molecule has 0 aliphatic heterocycles. The molecule has 0 spiro atoms. The van der Waals surface area contributed by atoms with Crippen molar-refractivity contribution in [3.63, 3.8) is 0 Å². The maximum atomic E-state index is 8.69. The predicted octanol–water partition coefficient (Wildman–Crippen LogP) is 0.0159. The lowest BCUT2D eigenvalue weighted by atomic mass is 10.2. The van der Waals surface area contributed by atoms with Gasteiger partial charge in [0, 0.05) is 18.4 Å². The molecular weight excluding hydrogens is 174 g/mol. The van der Waals surface area contributed by atoms with Crippen LogP contribution in [0.3, 0.4) is 0 Å². The molecule has 0 aromatic rings. The Morgan fingerprint density at radius 3 is 2.69 bits per heavy atom. The first kappa shape index (κ1) is 11.8. The predicted molar refractivity (Wildman–Crippen MR) is 45.4 cm³/mol. The summed E-state index contributed by atoms with van der Waals surface area (Å²) in [4.78, 5) is 2.46. The number of rotatable bonds is 4. The van der Waals surface area contributed by atoms with E-state index in [9.17, 15) is 0 Å². The molecule has 0 aliphatic rings. The minimum Gasteiger partial charge on any atom is -0.372 e. The Bertz CT molecular complexity index is 237. The van der Waals surface area contributed by atoms with E-state index in [-0.39, 0.29) is 13.0 Å². The van der Waals surface area contributed by atoms with Gasteiger partial charge in [-0.2, -0.15) is 0 Å².